The monoisotopic (exact) mass is 317 g/mol. The third kappa shape index (κ3) is 2.23. The molecule has 0 saturated carbocycles. The summed E-state index contributed by atoms with van der Waals surface area (Å²) in [6.07, 6.45) is 1.62. The number of aromatic hydroxyl groups is 1. The van der Waals surface area contributed by atoms with E-state index in [4.69, 9.17) is 17.3 Å². The maximum absolute atomic E-state index is 12.5. The second kappa shape index (κ2) is 5.23. The van der Waals surface area contributed by atoms with Crippen LogP contribution in [-0.2, 0) is 6.54 Å². The van der Waals surface area contributed by atoms with Gasteiger partial charge in [0.15, 0.2) is 5.75 Å². The van der Waals surface area contributed by atoms with Crippen LogP contribution in [-0.4, -0.2) is 20.2 Å². The van der Waals surface area contributed by atoms with Crippen molar-refractivity contribution in [3.05, 3.63) is 69.1 Å². The Balaban J connectivity index is 2.24. The summed E-state index contributed by atoms with van der Waals surface area (Å²) in [5, 5.41) is 10.7. The zero-order valence-corrected chi connectivity index (χ0v) is 12.1. The Hall–Kier alpha value is -2.73. The van der Waals surface area contributed by atoms with Gasteiger partial charge in [-0.3, -0.25) is 14.1 Å². The number of amides is 1. The fraction of sp³-hybridized carbons (Fsp3) is 0.0667. The molecule has 22 heavy (non-hydrogen) atoms. The number of nitrogens with two attached hydrogens (primary N) is 1. The molecule has 1 amide bonds. The molecule has 0 spiro atoms. The molecule has 0 fully saturated rings. The molecular formula is C15H12ClN3O3. The largest absolute Gasteiger partial charge is 0.505 e. The van der Waals surface area contributed by atoms with Crippen LogP contribution in [0.2, 0.25) is 5.02 Å². The Morgan fingerprint density at radius 3 is 2.55 bits per heavy atom. The summed E-state index contributed by atoms with van der Waals surface area (Å²) in [6.45, 7) is 0.210. The van der Waals surface area contributed by atoms with Crippen LogP contribution < -0.4 is 11.3 Å². The smallest absolute Gasteiger partial charge is 0.282 e. The molecule has 3 N–H and O–H groups in total. The van der Waals surface area contributed by atoms with E-state index in [0.717, 1.165) is 5.56 Å². The van der Waals surface area contributed by atoms with Crippen molar-refractivity contribution in [3.63, 3.8) is 0 Å². The zero-order valence-electron chi connectivity index (χ0n) is 11.4. The maximum atomic E-state index is 12.5. The Labute approximate surface area is 129 Å². The first-order chi connectivity index (χ1) is 10.5. The van der Waals surface area contributed by atoms with Gasteiger partial charge in [-0.2, -0.15) is 0 Å². The lowest BCUT2D eigenvalue weighted by molar-refractivity contribution is 0.0995. The summed E-state index contributed by atoms with van der Waals surface area (Å²) in [4.78, 5) is 23.9. The Kier molecular flexibility index (Phi) is 3.38. The second-order valence-electron chi connectivity index (χ2n) is 4.82. The Bertz CT molecular complexity index is 926. The molecule has 7 heteroatoms. The fourth-order valence-corrected chi connectivity index (χ4v) is 2.49. The van der Waals surface area contributed by atoms with Crippen molar-refractivity contribution >= 4 is 23.0 Å². The molecule has 0 aliphatic heterocycles. The van der Waals surface area contributed by atoms with Crippen LogP contribution in [0.25, 0.3) is 5.52 Å². The number of fused-ring (bicyclic) bond motifs is 1. The number of nitrogens with zero attached hydrogens (tertiary/aromatic N) is 2. The van der Waals surface area contributed by atoms with E-state index in [-0.39, 0.29) is 6.54 Å². The molecular weight excluding hydrogens is 306 g/mol. The van der Waals surface area contributed by atoms with Gasteiger partial charge < -0.3 is 10.8 Å². The van der Waals surface area contributed by atoms with Gasteiger partial charge in [0.25, 0.3) is 11.5 Å². The van der Waals surface area contributed by atoms with Gasteiger partial charge in [0.05, 0.1) is 6.54 Å². The van der Waals surface area contributed by atoms with Crippen molar-refractivity contribution in [2.24, 2.45) is 5.73 Å². The average Bonchev–Trinajstić information content (AvgIpc) is 2.95. The van der Waals surface area contributed by atoms with E-state index in [2.05, 4.69) is 0 Å². The van der Waals surface area contributed by atoms with Crippen LogP contribution >= 0.6 is 11.6 Å². The molecule has 0 radical (unpaired) electrons. The first kappa shape index (κ1) is 14.2. The predicted octanol–water partition coefficient (Wildman–Crippen LogP) is 1.61. The van der Waals surface area contributed by atoms with E-state index >= 15 is 0 Å². The molecule has 6 nitrogen and oxygen atoms in total. The van der Waals surface area contributed by atoms with Gasteiger partial charge in [-0.15, -0.1) is 0 Å². The molecule has 1 aromatic carbocycles. The van der Waals surface area contributed by atoms with Gasteiger partial charge in [-0.05, 0) is 29.8 Å². The molecule has 2 heterocycles. The molecule has 3 aromatic rings. The minimum atomic E-state index is -0.962. The summed E-state index contributed by atoms with van der Waals surface area (Å²) < 4.78 is 2.82. The van der Waals surface area contributed by atoms with Crippen molar-refractivity contribution in [1.82, 2.24) is 9.20 Å². The first-order valence-electron chi connectivity index (χ1n) is 6.46. The second-order valence-corrected chi connectivity index (χ2v) is 5.25. The molecule has 0 bridgehead atoms. The highest BCUT2D eigenvalue weighted by Gasteiger charge is 2.20. The van der Waals surface area contributed by atoms with Crippen molar-refractivity contribution in [2.75, 3.05) is 0 Å². The van der Waals surface area contributed by atoms with Gasteiger partial charge in [0.2, 0.25) is 0 Å². The summed E-state index contributed by atoms with van der Waals surface area (Å²) in [6, 6.07) is 10.2. The van der Waals surface area contributed by atoms with E-state index in [0.29, 0.717) is 10.5 Å². The number of hydrogen-bond donors (Lipinski definition) is 2. The predicted molar refractivity (Wildman–Crippen MR) is 82.4 cm³/mol. The van der Waals surface area contributed by atoms with Gasteiger partial charge in [-0.25, -0.2) is 4.68 Å². The van der Waals surface area contributed by atoms with E-state index in [1.54, 1.807) is 42.6 Å². The summed E-state index contributed by atoms with van der Waals surface area (Å²) in [5.41, 5.74) is 5.31. The molecule has 2 aromatic heterocycles. The van der Waals surface area contributed by atoms with Gasteiger partial charge >= 0.3 is 0 Å². The van der Waals surface area contributed by atoms with E-state index in [1.165, 1.54) is 9.20 Å². The third-order valence-corrected chi connectivity index (χ3v) is 3.66. The fourth-order valence-electron chi connectivity index (χ4n) is 2.36. The number of carbonyl (C=O) groups is 1. The van der Waals surface area contributed by atoms with Crippen LogP contribution in [0.5, 0.6) is 5.75 Å². The summed E-state index contributed by atoms with van der Waals surface area (Å²) in [5.74, 6) is -1.37. The molecule has 0 aliphatic carbocycles. The van der Waals surface area contributed by atoms with Gasteiger partial charge in [-0.1, -0.05) is 23.7 Å². The van der Waals surface area contributed by atoms with Crippen molar-refractivity contribution in [1.29, 1.82) is 0 Å². The quantitative estimate of drug-likeness (QED) is 0.769. The molecule has 0 atom stereocenters. The van der Waals surface area contributed by atoms with E-state index in [1.807, 2.05) is 0 Å². The van der Waals surface area contributed by atoms with Crippen molar-refractivity contribution in [2.45, 2.75) is 6.54 Å². The standard InChI is InChI=1S/C15H12ClN3O3/c16-10-5-3-9(4-6-10)8-19-15(22)12(14(17)21)13(20)11-2-1-7-18(11)19/h1-7,20H,8H2,(H2,17,21). The van der Waals surface area contributed by atoms with E-state index < -0.39 is 22.8 Å². The van der Waals surface area contributed by atoms with Crippen LogP contribution in [0.4, 0.5) is 0 Å². The highest BCUT2D eigenvalue weighted by Crippen LogP contribution is 2.21. The van der Waals surface area contributed by atoms with Gasteiger partial charge in [0, 0.05) is 11.2 Å². The number of benzene rings is 1. The number of aromatic nitrogens is 2. The molecule has 0 saturated heterocycles. The number of hydrogen-bond acceptors (Lipinski definition) is 3. The first-order valence-corrected chi connectivity index (χ1v) is 6.84. The minimum absolute atomic E-state index is 0.210. The van der Waals surface area contributed by atoms with Crippen LogP contribution in [0.15, 0.2) is 47.4 Å². The Morgan fingerprint density at radius 2 is 1.91 bits per heavy atom. The van der Waals surface area contributed by atoms with Gasteiger partial charge in [0.1, 0.15) is 11.1 Å². The Morgan fingerprint density at radius 1 is 1.23 bits per heavy atom. The highest BCUT2D eigenvalue weighted by atomic mass is 35.5. The molecule has 112 valence electrons. The average molecular weight is 318 g/mol. The number of halogens is 1. The van der Waals surface area contributed by atoms with Crippen LogP contribution in [0.3, 0.4) is 0 Å². The highest BCUT2D eigenvalue weighted by molar-refractivity contribution is 6.30. The minimum Gasteiger partial charge on any atom is -0.505 e. The molecule has 0 aliphatic rings. The SMILES string of the molecule is NC(=O)c1c(O)c2cccn2n(Cc2ccc(Cl)cc2)c1=O. The summed E-state index contributed by atoms with van der Waals surface area (Å²) >= 11 is 5.84. The normalized spacial score (nSPS) is 11.0. The third-order valence-electron chi connectivity index (χ3n) is 3.41. The zero-order chi connectivity index (χ0) is 15.9. The van der Waals surface area contributed by atoms with Crippen molar-refractivity contribution in [3.8, 4) is 5.75 Å². The van der Waals surface area contributed by atoms with Crippen LogP contribution in [0.1, 0.15) is 15.9 Å². The summed E-state index contributed by atoms with van der Waals surface area (Å²) in [7, 11) is 0. The molecule has 0 unspecified atom stereocenters. The number of rotatable bonds is 3. The van der Waals surface area contributed by atoms with Crippen molar-refractivity contribution < 1.29 is 9.90 Å². The maximum Gasteiger partial charge on any atom is 0.282 e. The number of primary amides is 1. The lowest BCUT2D eigenvalue weighted by Gasteiger charge is -2.13. The lowest BCUT2D eigenvalue weighted by atomic mass is 10.2. The topological polar surface area (TPSA) is 89.7 Å². The molecule has 3 rings (SSSR count). The van der Waals surface area contributed by atoms with E-state index in [9.17, 15) is 14.7 Å². The number of carbonyl (C=O) groups excluding carboxylic acids is 1. The van der Waals surface area contributed by atoms with Crippen LogP contribution in [0, 0.1) is 0 Å². The lowest BCUT2D eigenvalue weighted by Crippen LogP contribution is -2.33.